The molecular weight excluding hydrogens is 328 g/mol. The monoisotopic (exact) mass is 343 g/mol. The van der Waals surface area contributed by atoms with Gasteiger partial charge in [0, 0.05) is 26.1 Å². The Kier molecular flexibility index (Phi) is 3.93. The summed E-state index contributed by atoms with van der Waals surface area (Å²) >= 11 is 0. The summed E-state index contributed by atoms with van der Waals surface area (Å²) in [6.45, 7) is 1.53. The number of hydrogen-bond acceptors (Lipinski definition) is 4. The molecule has 0 amide bonds. The molecular formula is C18H15F2N3O2. The van der Waals surface area contributed by atoms with E-state index in [0.29, 0.717) is 48.8 Å². The van der Waals surface area contributed by atoms with Crippen LogP contribution >= 0.6 is 0 Å². The zero-order valence-electron chi connectivity index (χ0n) is 13.3. The lowest BCUT2D eigenvalue weighted by atomic mass is 10.1. The Morgan fingerprint density at radius 3 is 2.88 bits per heavy atom. The standard InChI is InChI=1S/C18H15F2N3O2/c19-13-4-3-11(8-14(13)20)9-23-6-5-15-12(10-23)18(24)22-17(21-15)16-2-1-7-25-16/h1-4,7-8H,5-6,9-10H2,(H,21,22,24). The van der Waals surface area contributed by atoms with E-state index in [2.05, 4.69) is 9.97 Å². The number of aromatic nitrogens is 2. The van der Waals surface area contributed by atoms with Gasteiger partial charge in [0.05, 0.1) is 17.5 Å². The van der Waals surface area contributed by atoms with E-state index in [1.54, 1.807) is 18.2 Å². The highest BCUT2D eigenvalue weighted by molar-refractivity contribution is 5.47. The molecule has 0 spiro atoms. The van der Waals surface area contributed by atoms with Crippen molar-refractivity contribution in [2.75, 3.05) is 6.54 Å². The van der Waals surface area contributed by atoms with Crippen LogP contribution in [-0.2, 0) is 19.5 Å². The lowest BCUT2D eigenvalue weighted by Crippen LogP contribution is -2.35. The maximum absolute atomic E-state index is 13.3. The molecule has 0 aliphatic carbocycles. The number of fused-ring (bicyclic) bond motifs is 1. The highest BCUT2D eigenvalue weighted by Gasteiger charge is 2.22. The highest BCUT2D eigenvalue weighted by atomic mass is 19.2. The first kappa shape index (κ1) is 15.7. The lowest BCUT2D eigenvalue weighted by Gasteiger charge is -2.27. The summed E-state index contributed by atoms with van der Waals surface area (Å²) in [6, 6.07) is 7.33. The molecule has 1 aromatic carbocycles. The molecule has 5 nitrogen and oxygen atoms in total. The van der Waals surface area contributed by atoms with Crippen LogP contribution in [0.3, 0.4) is 0 Å². The average Bonchev–Trinajstić information content (AvgIpc) is 3.13. The summed E-state index contributed by atoms with van der Waals surface area (Å²) in [4.78, 5) is 21.7. The Morgan fingerprint density at radius 2 is 2.12 bits per heavy atom. The van der Waals surface area contributed by atoms with Crippen molar-refractivity contribution in [3.05, 3.63) is 75.4 Å². The van der Waals surface area contributed by atoms with Gasteiger partial charge < -0.3 is 9.40 Å². The Labute approximate surface area is 141 Å². The predicted octanol–water partition coefficient (Wildman–Crippen LogP) is 2.87. The Balaban J connectivity index is 1.57. The number of H-pyrrole nitrogens is 1. The normalized spacial score (nSPS) is 14.5. The van der Waals surface area contributed by atoms with Crippen LogP contribution in [0.4, 0.5) is 8.78 Å². The molecule has 0 bridgehead atoms. The number of hydrogen-bond donors (Lipinski definition) is 1. The van der Waals surface area contributed by atoms with Crippen LogP contribution in [0.15, 0.2) is 45.8 Å². The van der Waals surface area contributed by atoms with Crippen LogP contribution < -0.4 is 5.56 Å². The molecule has 1 aliphatic rings. The Bertz CT molecular complexity index is 967. The van der Waals surface area contributed by atoms with Crippen molar-refractivity contribution in [1.82, 2.24) is 14.9 Å². The van der Waals surface area contributed by atoms with E-state index < -0.39 is 11.6 Å². The number of nitrogens with one attached hydrogen (secondary N) is 1. The fourth-order valence-electron chi connectivity index (χ4n) is 3.04. The van der Waals surface area contributed by atoms with Gasteiger partial charge >= 0.3 is 0 Å². The molecule has 1 N–H and O–H groups in total. The summed E-state index contributed by atoms with van der Waals surface area (Å²) in [5, 5.41) is 0. The highest BCUT2D eigenvalue weighted by Crippen LogP contribution is 2.20. The van der Waals surface area contributed by atoms with Gasteiger partial charge in [0.25, 0.3) is 5.56 Å². The van der Waals surface area contributed by atoms with Gasteiger partial charge in [0.1, 0.15) is 0 Å². The van der Waals surface area contributed by atoms with E-state index in [4.69, 9.17) is 4.42 Å². The van der Waals surface area contributed by atoms with Crippen LogP contribution in [0.2, 0.25) is 0 Å². The Hall–Kier alpha value is -2.80. The van der Waals surface area contributed by atoms with E-state index in [0.717, 1.165) is 11.8 Å². The molecule has 3 aromatic rings. The van der Waals surface area contributed by atoms with Crippen LogP contribution in [-0.4, -0.2) is 21.4 Å². The minimum Gasteiger partial charge on any atom is -0.461 e. The van der Waals surface area contributed by atoms with Crippen molar-refractivity contribution in [3.63, 3.8) is 0 Å². The summed E-state index contributed by atoms with van der Waals surface area (Å²) in [5.74, 6) is -0.789. The fourth-order valence-corrected chi connectivity index (χ4v) is 3.04. The number of rotatable bonds is 3. The SMILES string of the molecule is O=c1[nH]c(-c2ccco2)nc2c1CN(Cc1ccc(F)c(F)c1)CC2. The first-order valence-corrected chi connectivity index (χ1v) is 7.92. The summed E-state index contributed by atoms with van der Waals surface area (Å²) < 4.78 is 31.7. The van der Waals surface area contributed by atoms with Crippen LogP contribution in [0.1, 0.15) is 16.8 Å². The minimum absolute atomic E-state index is 0.202. The second-order valence-electron chi connectivity index (χ2n) is 6.03. The maximum Gasteiger partial charge on any atom is 0.256 e. The van der Waals surface area contributed by atoms with E-state index in [9.17, 15) is 13.6 Å². The third-order valence-corrected chi connectivity index (χ3v) is 4.29. The molecule has 3 heterocycles. The molecule has 0 radical (unpaired) electrons. The van der Waals surface area contributed by atoms with Crippen molar-refractivity contribution >= 4 is 0 Å². The molecule has 2 aromatic heterocycles. The zero-order valence-corrected chi connectivity index (χ0v) is 13.3. The molecule has 25 heavy (non-hydrogen) atoms. The fraction of sp³-hybridized carbons (Fsp3) is 0.222. The van der Waals surface area contributed by atoms with Gasteiger partial charge in [0.15, 0.2) is 23.2 Å². The molecule has 4 rings (SSSR count). The molecule has 0 saturated carbocycles. The third-order valence-electron chi connectivity index (χ3n) is 4.29. The number of aromatic amines is 1. The summed E-state index contributed by atoms with van der Waals surface area (Å²) in [5.41, 5.74) is 1.81. The summed E-state index contributed by atoms with van der Waals surface area (Å²) in [7, 11) is 0. The number of nitrogens with zero attached hydrogens (tertiary/aromatic N) is 2. The van der Waals surface area contributed by atoms with Gasteiger partial charge in [-0.25, -0.2) is 13.8 Å². The zero-order chi connectivity index (χ0) is 17.4. The van der Waals surface area contributed by atoms with Crippen molar-refractivity contribution in [3.8, 4) is 11.6 Å². The van der Waals surface area contributed by atoms with Gasteiger partial charge in [-0.3, -0.25) is 9.69 Å². The smallest absolute Gasteiger partial charge is 0.256 e. The molecule has 0 saturated heterocycles. The van der Waals surface area contributed by atoms with Gasteiger partial charge in [-0.05, 0) is 29.8 Å². The van der Waals surface area contributed by atoms with Gasteiger partial charge in [-0.1, -0.05) is 6.07 Å². The van der Waals surface area contributed by atoms with E-state index in [1.807, 2.05) is 4.90 Å². The largest absolute Gasteiger partial charge is 0.461 e. The number of furan rings is 1. The average molecular weight is 343 g/mol. The topological polar surface area (TPSA) is 62.1 Å². The molecule has 7 heteroatoms. The van der Waals surface area contributed by atoms with Crippen molar-refractivity contribution in [1.29, 1.82) is 0 Å². The second kappa shape index (κ2) is 6.25. The quantitative estimate of drug-likeness (QED) is 0.794. The molecule has 0 atom stereocenters. The van der Waals surface area contributed by atoms with Crippen LogP contribution in [0, 0.1) is 11.6 Å². The lowest BCUT2D eigenvalue weighted by molar-refractivity contribution is 0.241. The van der Waals surface area contributed by atoms with Crippen LogP contribution in [0.25, 0.3) is 11.6 Å². The third kappa shape index (κ3) is 3.10. The first-order valence-electron chi connectivity index (χ1n) is 7.92. The predicted molar refractivity (Wildman–Crippen MR) is 86.7 cm³/mol. The molecule has 0 fully saturated rings. The first-order chi connectivity index (χ1) is 12.1. The molecule has 1 aliphatic heterocycles. The number of halogens is 2. The molecule has 128 valence electrons. The summed E-state index contributed by atoms with van der Waals surface area (Å²) in [6.07, 6.45) is 2.13. The van der Waals surface area contributed by atoms with Gasteiger partial charge in [0.2, 0.25) is 0 Å². The molecule has 0 unspecified atom stereocenters. The Morgan fingerprint density at radius 1 is 1.24 bits per heavy atom. The van der Waals surface area contributed by atoms with E-state index in [1.165, 1.54) is 12.3 Å². The minimum atomic E-state index is -0.863. The van der Waals surface area contributed by atoms with Crippen LogP contribution in [0.5, 0.6) is 0 Å². The maximum atomic E-state index is 13.3. The van der Waals surface area contributed by atoms with Gasteiger partial charge in [-0.15, -0.1) is 0 Å². The second-order valence-corrected chi connectivity index (χ2v) is 6.03. The van der Waals surface area contributed by atoms with E-state index in [-0.39, 0.29) is 5.56 Å². The van der Waals surface area contributed by atoms with Gasteiger partial charge in [-0.2, -0.15) is 0 Å². The van der Waals surface area contributed by atoms with Crippen molar-refractivity contribution in [2.45, 2.75) is 19.5 Å². The van der Waals surface area contributed by atoms with Crippen molar-refractivity contribution < 1.29 is 13.2 Å². The van der Waals surface area contributed by atoms with E-state index >= 15 is 0 Å². The van der Waals surface area contributed by atoms with Crippen molar-refractivity contribution in [2.24, 2.45) is 0 Å². The number of benzene rings is 1.